The highest BCUT2D eigenvalue weighted by Gasteiger charge is 2.32. The van der Waals surface area contributed by atoms with Crippen molar-refractivity contribution in [3.63, 3.8) is 0 Å². The van der Waals surface area contributed by atoms with Crippen LogP contribution in [0.2, 0.25) is 5.02 Å². The van der Waals surface area contributed by atoms with Gasteiger partial charge in [0.25, 0.3) is 0 Å². The first-order valence-electron chi connectivity index (χ1n) is 7.37. The summed E-state index contributed by atoms with van der Waals surface area (Å²) in [5.74, 6) is -0.601. The van der Waals surface area contributed by atoms with E-state index in [0.29, 0.717) is 19.3 Å². The number of alkyl halides is 3. The average Bonchev–Trinajstić information content (AvgIpc) is 2.87. The standard InChI is InChI=1S/C16H14ClF3N2OS/c1-8-21-12-5-2-9(6-14(12)24-8)15(23)22-13-7-10(16(18,19)20)3-4-11(13)17/h3-4,7,9H,2,5-6H2,1H3,(H,22,23). The molecule has 1 amide bonds. The van der Waals surface area contributed by atoms with Crippen molar-refractivity contribution >= 4 is 34.5 Å². The molecular formula is C16H14ClF3N2OS. The first kappa shape index (κ1) is 17.2. The Balaban J connectivity index is 1.76. The van der Waals surface area contributed by atoms with Crippen LogP contribution in [0.25, 0.3) is 0 Å². The van der Waals surface area contributed by atoms with E-state index in [-0.39, 0.29) is 22.5 Å². The third kappa shape index (κ3) is 3.57. The van der Waals surface area contributed by atoms with Crippen molar-refractivity contribution in [1.82, 2.24) is 4.98 Å². The molecule has 1 aliphatic rings. The molecule has 0 fully saturated rings. The van der Waals surface area contributed by atoms with Crippen LogP contribution in [0.1, 0.15) is 27.6 Å². The van der Waals surface area contributed by atoms with Crippen molar-refractivity contribution in [3.05, 3.63) is 44.4 Å². The van der Waals surface area contributed by atoms with Crippen LogP contribution >= 0.6 is 22.9 Å². The molecule has 24 heavy (non-hydrogen) atoms. The maximum Gasteiger partial charge on any atom is 0.416 e. The van der Waals surface area contributed by atoms with Crippen LogP contribution in [-0.2, 0) is 23.8 Å². The monoisotopic (exact) mass is 374 g/mol. The summed E-state index contributed by atoms with van der Waals surface area (Å²) in [5.41, 5.74) is 0.174. The lowest BCUT2D eigenvalue weighted by Crippen LogP contribution is -2.28. The normalized spacial score (nSPS) is 17.5. The van der Waals surface area contributed by atoms with Crippen LogP contribution in [-0.4, -0.2) is 10.9 Å². The second kappa shape index (κ2) is 6.37. The smallest absolute Gasteiger partial charge is 0.325 e. The largest absolute Gasteiger partial charge is 0.416 e. The number of carbonyl (C=O) groups excluding carboxylic acids is 1. The fourth-order valence-corrected chi connectivity index (χ4v) is 3.99. The Kier molecular flexibility index (Phi) is 4.57. The van der Waals surface area contributed by atoms with E-state index in [0.717, 1.165) is 33.8 Å². The van der Waals surface area contributed by atoms with Crippen molar-refractivity contribution in [3.8, 4) is 0 Å². The van der Waals surface area contributed by atoms with E-state index in [9.17, 15) is 18.0 Å². The van der Waals surface area contributed by atoms with Crippen LogP contribution in [0.5, 0.6) is 0 Å². The lowest BCUT2D eigenvalue weighted by molar-refractivity contribution is -0.137. The molecule has 3 nitrogen and oxygen atoms in total. The molecule has 128 valence electrons. The SMILES string of the molecule is Cc1nc2c(s1)CC(C(=O)Nc1cc(C(F)(F)F)ccc1Cl)CC2. The Labute approximate surface area is 145 Å². The van der Waals surface area contributed by atoms with E-state index in [2.05, 4.69) is 10.3 Å². The number of fused-ring (bicyclic) bond motifs is 1. The number of amides is 1. The Morgan fingerprint density at radius 2 is 2.17 bits per heavy atom. The molecule has 0 aliphatic heterocycles. The third-order valence-electron chi connectivity index (χ3n) is 3.97. The van der Waals surface area contributed by atoms with Gasteiger partial charge in [-0.2, -0.15) is 13.2 Å². The zero-order valence-electron chi connectivity index (χ0n) is 12.7. The van der Waals surface area contributed by atoms with Crippen LogP contribution < -0.4 is 5.32 Å². The summed E-state index contributed by atoms with van der Waals surface area (Å²) in [5, 5.41) is 3.59. The first-order valence-corrected chi connectivity index (χ1v) is 8.56. The molecule has 0 spiro atoms. The summed E-state index contributed by atoms with van der Waals surface area (Å²) < 4.78 is 38.4. The van der Waals surface area contributed by atoms with Crippen LogP contribution in [0.15, 0.2) is 18.2 Å². The minimum atomic E-state index is -4.48. The van der Waals surface area contributed by atoms with E-state index in [1.165, 1.54) is 0 Å². The number of hydrogen-bond acceptors (Lipinski definition) is 3. The summed E-state index contributed by atoms with van der Waals surface area (Å²) in [4.78, 5) is 17.9. The molecule has 1 unspecified atom stereocenters. The first-order chi connectivity index (χ1) is 11.2. The molecule has 1 aromatic carbocycles. The van der Waals surface area contributed by atoms with Gasteiger partial charge in [-0.15, -0.1) is 11.3 Å². The number of nitrogens with one attached hydrogen (secondary N) is 1. The number of nitrogens with zero attached hydrogens (tertiary/aromatic N) is 1. The molecule has 0 radical (unpaired) electrons. The number of aryl methyl sites for hydroxylation is 2. The van der Waals surface area contributed by atoms with E-state index in [1.807, 2.05) is 6.92 Å². The summed E-state index contributed by atoms with van der Waals surface area (Å²) in [6.45, 7) is 1.92. The molecule has 1 aromatic heterocycles. The van der Waals surface area contributed by atoms with Crippen LogP contribution in [0, 0.1) is 12.8 Å². The maximum atomic E-state index is 12.8. The van der Waals surface area contributed by atoms with Gasteiger partial charge < -0.3 is 5.32 Å². The van der Waals surface area contributed by atoms with Gasteiger partial charge in [0, 0.05) is 10.8 Å². The molecule has 3 rings (SSSR count). The molecule has 1 aliphatic carbocycles. The summed E-state index contributed by atoms with van der Waals surface area (Å²) in [7, 11) is 0. The number of rotatable bonds is 2. The number of hydrogen-bond donors (Lipinski definition) is 1. The van der Waals surface area contributed by atoms with Gasteiger partial charge >= 0.3 is 6.18 Å². The molecule has 1 heterocycles. The minimum absolute atomic E-state index is 0.0113. The lowest BCUT2D eigenvalue weighted by Gasteiger charge is -2.21. The highest BCUT2D eigenvalue weighted by atomic mass is 35.5. The number of halogens is 4. The lowest BCUT2D eigenvalue weighted by atomic mass is 9.90. The second-order valence-corrected chi connectivity index (χ2v) is 7.42. The number of benzene rings is 1. The van der Waals surface area contributed by atoms with E-state index >= 15 is 0 Å². The zero-order chi connectivity index (χ0) is 17.5. The van der Waals surface area contributed by atoms with Crippen molar-refractivity contribution < 1.29 is 18.0 Å². The van der Waals surface area contributed by atoms with Gasteiger partial charge in [-0.3, -0.25) is 4.79 Å². The summed E-state index contributed by atoms with van der Waals surface area (Å²) in [6.07, 6.45) is -2.60. The molecule has 0 saturated carbocycles. The number of anilines is 1. The Morgan fingerprint density at radius 1 is 1.42 bits per heavy atom. The molecule has 8 heteroatoms. The van der Waals surface area contributed by atoms with E-state index in [1.54, 1.807) is 11.3 Å². The Hall–Kier alpha value is -1.60. The van der Waals surface area contributed by atoms with Gasteiger partial charge in [-0.25, -0.2) is 4.98 Å². The van der Waals surface area contributed by atoms with Gasteiger partial charge in [0.1, 0.15) is 0 Å². The highest BCUT2D eigenvalue weighted by Crippen LogP contribution is 2.35. The molecular weight excluding hydrogens is 361 g/mol. The average molecular weight is 375 g/mol. The summed E-state index contributed by atoms with van der Waals surface area (Å²) in [6, 6.07) is 2.90. The molecule has 0 saturated heterocycles. The number of thiazole rings is 1. The maximum absolute atomic E-state index is 12.8. The van der Waals surface area contributed by atoms with Crippen molar-refractivity contribution in [2.24, 2.45) is 5.92 Å². The molecule has 1 N–H and O–H groups in total. The molecule has 0 bridgehead atoms. The molecule has 2 aromatic rings. The zero-order valence-corrected chi connectivity index (χ0v) is 14.3. The topological polar surface area (TPSA) is 42.0 Å². The van der Waals surface area contributed by atoms with Gasteiger partial charge in [0.05, 0.1) is 27.0 Å². The summed E-state index contributed by atoms with van der Waals surface area (Å²) >= 11 is 7.48. The third-order valence-corrected chi connectivity index (χ3v) is 5.33. The Bertz CT molecular complexity index is 788. The quantitative estimate of drug-likeness (QED) is 0.815. The number of aromatic nitrogens is 1. The number of carbonyl (C=O) groups is 1. The van der Waals surface area contributed by atoms with Crippen molar-refractivity contribution in [1.29, 1.82) is 0 Å². The van der Waals surface area contributed by atoms with Crippen LogP contribution in [0.3, 0.4) is 0 Å². The predicted molar refractivity (Wildman–Crippen MR) is 87.4 cm³/mol. The van der Waals surface area contributed by atoms with Gasteiger partial charge in [-0.05, 0) is 44.4 Å². The van der Waals surface area contributed by atoms with Crippen LogP contribution in [0.4, 0.5) is 18.9 Å². The molecule has 1 atom stereocenters. The fraction of sp³-hybridized carbons (Fsp3) is 0.375. The van der Waals surface area contributed by atoms with Gasteiger partial charge in [-0.1, -0.05) is 11.6 Å². The van der Waals surface area contributed by atoms with Crippen molar-refractivity contribution in [2.45, 2.75) is 32.4 Å². The fourth-order valence-electron chi connectivity index (χ4n) is 2.76. The van der Waals surface area contributed by atoms with Gasteiger partial charge in [0.15, 0.2) is 0 Å². The van der Waals surface area contributed by atoms with E-state index < -0.39 is 11.7 Å². The van der Waals surface area contributed by atoms with E-state index in [4.69, 9.17) is 11.6 Å². The minimum Gasteiger partial charge on any atom is -0.325 e. The van der Waals surface area contributed by atoms with Gasteiger partial charge in [0.2, 0.25) is 5.91 Å². The Morgan fingerprint density at radius 3 is 2.88 bits per heavy atom. The second-order valence-electron chi connectivity index (χ2n) is 5.72. The van der Waals surface area contributed by atoms with Crippen molar-refractivity contribution in [2.75, 3.05) is 5.32 Å². The predicted octanol–water partition coefficient (Wildman–Crippen LogP) is 4.87. The highest BCUT2D eigenvalue weighted by molar-refractivity contribution is 7.11.